The summed E-state index contributed by atoms with van der Waals surface area (Å²) in [5.41, 5.74) is -0.711. The average Bonchev–Trinajstić information content (AvgIpc) is 2.54. The molecule has 2 rings (SSSR count). The molecule has 1 saturated heterocycles. The van der Waals surface area contributed by atoms with Gasteiger partial charge in [-0.25, -0.2) is 4.79 Å². The van der Waals surface area contributed by atoms with Gasteiger partial charge in [-0.3, -0.25) is 4.79 Å². The molecule has 2 bridgehead atoms. The van der Waals surface area contributed by atoms with Gasteiger partial charge in [0, 0.05) is 13.1 Å². The van der Waals surface area contributed by atoms with Gasteiger partial charge in [0.1, 0.15) is 0 Å². The normalized spacial score (nSPS) is 33.9. The van der Waals surface area contributed by atoms with E-state index in [1.54, 1.807) is 0 Å². The van der Waals surface area contributed by atoms with Gasteiger partial charge in [0.2, 0.25) is 0 Å². The molecule has 2 unspecified atom stereocenters. The molecule has 0 spiro atoms. The van der Waals surface area contributed by atoms with Crippen LogP contribution in [0.15, 0.2) is 0 Å². The summed E-state index contributed by atoms with van der Waals surface area (Å²) >= 11 is 0. The molecule has 1 heterocycles. The average molecular weight is 213 g/mol. The van der Waals surface area contributed by atoms with E-state index in [0.29, 0.717) is 31.8 Å². The number of likely N-dealkylation sites (tertiary alicyclic amines) is 1. The lowest BCUT2D eigenvalue weighted by molar-refractivity contribution is -0.150. The van der Waals surface area contributed by atoms with Crippen LogP contribution >= 0.6 is 0 Å². The number of piperidine rings is 1. The first-order chi connectivity index (χ1) is 7.07. The van der Waals surface area contributed by atoms with Gasteiger partial charge in [-0.2, -0.15) is 0 Å². The molecule has 0 aromatic carbocycles. The fourth-order valence-corrected chi connectivity index (χ4v) is 2.81. The van der Waals surface area contributed by atoms with E-state index >= 15 is 0 Å². The Balaban J connectivity index is 2.17. The summed E-state index contributed by atoms with van der Waals surface area (Å²) in [6, 6.07) is 0. The number of carbonyl (C=O) groups excluding carboxylic acids is 1. The van der Waals surface area contributed by atoms with Crippen molar-refractivity contribution in [1.82, 2.24) is 4.90 Å². The van der Waals surface area contributed by atoms with Crippen LogP contribution in [-0.4, -0.2) is 42.3 Å². The number of aliphatic carboxylic acids is 1. The third kappa shape index (κ3) is 1.56. The van der Waals surface area contributed by atoms with Gasteiger partial charge in [0.05, 0.1) is 12.5 Å². The molecule has 1 saturated carbocycles. The van der Waals surface area contributed by atoms with Crippen LogP contribution < -0.4 is 0 Å². The van der Waals surface area contributed by atoms with Gasteiger partial charge in [0.25, 0.3) is 0 Å². The van der Waals surface area contributed by atoms with Crippen LogP contribution in [0.2, 0.25) is 0 Å². The van der Waals surface area contributed by atoms with Crippen molar-refractivity contribution in [3.05, 3.63) is 0 Å². The molecule has 0 aromatic heterocycles. The van der Waals surface area contributed by atoms with Gasteiger partial charge in [-0.15, -0.1) is 0 Å². The second-order valence-corrected chi connectivity index (χ2v) is 4.54. The highest BCUT2D eigenvalue weighted by molar-refractivity contribution is 5.77. The van der Waals surface area contributed by atoms with Gasteiger partial charge < -0.3 is 14.7 Å². The summed E-state index contributed by atoms with van der Waals surface area (Å²) in [5.74, 6) is -0.451. The first-order valence-electron chi connectivity index (χ1n) is 5.14. The standard InChI is InChI=1S/C10H15NO4/c1-15-9(14)11-5-7-2-3-10(4-7,6-11)8(12)13/h7H,2-6H2,1H3,(H,12,13). The number of hydrogen-bond acceptors (Lipinski definition) is 3. The highest BCUT2D eigenvalue weighted by atomic mass is 16.5. The Labute approximate surface area is 88.0 Å². The Bertz CT molecular complexity index is 304. The fourth-order valence-electron chi connectivity index (χ4n) is 2.81. The quantitative estimate of drug-likeness (QED) is 0.704. The zero-order chi connectivity index (χ0) is 11.1. The van der Waals surface area contributed by atoms with Crippen LogP contribution in [0.25, 0.3) is 0 Å². The number of hydrogen-bond donors (Lipinski definition) is 1. The van der Waals surface area contributed by atoms with Crippen LogP contribution in [0.5, 0.6) is 0 Å². The Kier molecular flexibility index (Phi) is 2.32. The van der Waals surface area contributed by atoms with Crippen LogP contribution in [-0.2, 0) is 9.53 Å². The number of fused-ring (bicyclic) bond motifs is 2. The van der Waals surface area contributed by atoms with Crippen molar-refractivity contribution in [2.24, 2.45) is 11.3 Å². The predicted molar refractivity (Wildman–Crippen MR) is 51.4 cm³/mol. The topological polar surface area (TPSA) is 66.8 Å². The van der Waals surface area contributed by atoms with Crippen LogP contribution in [0.4, 0.5) is 4.79 Å². The highest BCUT2D eigenvalue weighted by Gasteiger charge is 2.51. The first kappa shape index (κ1) is 10.3. The Morgan fingerprint density at radius 1 is 1.53 bits per heavy atom. The van der Waals surface area contributed by atoms with Crippen molar-refractivity contribution in [3.63, 3.8) is 0 Å². The monoisotopic (exact) mass is 213 g/mol. The first-order valence-corrected chi connectivity index (χ1v) is 5.14. The lowest BCUT2D eigenvalue weighted by Crippen LogP contribution is -2.49. The molecule has 5 nitrogen and oxygen atoms in total. The number of rotatable bonds is 1. The maximum absolute atomic E-state index is 11.4. The molecular weight excluding hydrogens is 198 g/mol. The van der Waals surface area contributed by atoms with E-state index in [0.717, 1.165) is 6.42 Å². The third-order valence-electron chi connectivity index (χ3n) is 3.57. The Morgan fingerprint density at radius 3 is 2.87 bits per heavy atom. The molecule has 0 radical (unpaired) electrons. The van der Waals surface area contributed by atoms with E-state index in [1.807, 2.05) is 0 Å². The molecular formula is C10H15NO4. The van der Waals surface area contributed by atoms with Gasteiger partial charge in [-0.05, 0) is 25.2 Å². The van der Waals surface area contributed by atoms with E-state index in [-0.39, 0.29) is 0 Å². The van der Waals surface area contributed by atoms with Crippen molar-refractivity contribution < 1.29 is 19.4 Å². The minimum Gasteiger partial charge on any atom is -0.481 e. The lowest BCUT2D eigenvalue weighted by Gasteiger charge is -2.36. The van der Waals surface area contributed by atoms with Crippen molar-refractivity contribution in [2.45, 2.75) is 19.3 Å². The third-order valence-corrected chi connectivity index (χ3v) is 3.57. The van der Waals surface area contributed by atoms with Gasteiger partial charge in [-0.1, -0.05) is 0 Å². The summed E-state index contributed by atoms with van der Waals surface area (Å²) in [6.45, 7) is 0.938. The number of amides is 1. The largest absolute Gasteiger partial charge is 0.481 e. The van der Waals surface area contributed by atoms with E-state index in [9.17, 15) is 14.7 Å². The maximum Gasteiger partial charge on any atom is 0.409 e. The second kappa shape index (κ2) is 3.40. The Morgan fingerprint density at radius 2 is 2.27 bits per heavy atom. The van der Waals surface area contributed by atoms with Gasteiger partial charge >= 0.3 is 12.1 Å². The van der Waals surface area contributed by atoms with Crippen molar-refractivity contribution in [3.8, 4) is 0 Å². The molecule has 1 N–H and O–H groups in total. The summed E-state index contributed by atoms with van der Waals surface area (Å²) in [6.07, 6.45) is 1.88. The number of carboxylic acid groups (broad SMARTS) is 1. The molecule has 2 aliphatic rings. The molecule has 5 heteroatoms. The zero-order valence-corrected chi connectivity index (χ0v) is 8.73. The van der Waals surface area contributed by atoms with Crippen LogP contribution in [0, 0.1) is 11.3 Å². The van der Waals surface area contributed by atoms with Crippen molar-refractivity contribution in [1.29, 1.82) is 0 Å². The Hall–Kier alpha value is -1.26. The SMILES string of the molecule is COC(=O)N1CC2CCC(C(=O)O)(C2)C1. The molecule has 1 aliphatic heterocycles. The summed E-state index contributed by atoms with van der Waals surface area (Å²) in [7, 11) is 1.33. The molecule has 1 amide bonds. The lowest BCUT2D eigenvalue weighted by atomic mass is 9.82. The van der Waals surface area contributed by atoms with E-state index in [4.69, 9.17) is 0 Å². The van der Waals surface area contributed by atoms with Crippen molar-refractivity contribution in [2.75, 3.05) is 20.2 Å². The van der Waals surface area contributed by atoms with Crippen molar-refractivity contribution >= 4 is 12.1 Å². The van der Waals surface area contributed by atoms with E-state index < -0.39 is 17.5 Å². The number of nitrogens with zero attached hydrogens (tertiary/aromatic N) is 1. The minimum absolute atomic E-state index is 0.297. The minimum atomic E-state index is -0.779. The summed E-state index contributed by atoms with van der Waals surface area (Å²) in [5, 5.41) is 9.21. The molecule has 2 fully saturated rings. The summed E-state index contributed by atoms with van der Waals surface area (Å²) < 4.78 is 4.63. The molecule has 1 aliphatic carbocycles. The highest BCUT2D eigenvalue weighted by Crippen LogP contribution is 2.46. The maximum atomic E-state index is 11.4. The molecule has 2 atom stereocenters. The number of carbonyl (C=O) groups is 2. The number of methoxy groups -OCH3 is 1. The fraction of sp³-hybridized carbons (Fsp3) is 0.800. The second-order valence-electron chi connectivity index (χ2n) is 4.54. The zero-order valence-electron chi connectivity index (χ0n) is 8.73. The van der Waals surface area contributed by atoms with Crippen LogP contribution in [0.1, 0.15) is 19.3 Å². The van der Waals surface area contributed by atoms with E-state index in [1.165, 1.54) is 12.0 Å². The number of carboxylic acids is 1. The number of ether oxygens (including phenoxy) is 1. The molecule has 84 valence electrons. The van der Waals surface area contributed by atoms with Gasteiger partial charge in [0.15, 0.2) is 0 Å². The van der Waals surface area contributed by atoms with Crippen LogP contribution in [0.3, 0.4) is 0 Å². The van der Waals surface area contributed by atoms with E-state index in [2.05, 4.69) is 4.74 Å². The molecule has 0 aromatic rings. The predicted octanol–water partition coefficient (Wildman–Crippen LogP) is 0.940. The smallest absolute Gasteiger partial charge is 0.409 e. The summed E-state index contributed by atoms with van der Waals surface area (Å²) in [4.78, 5) is 24.1. The molecule has 15 heavy (non-hydrogen) atoms.